The van der Waals surface area contributed by atoms with Crippen molar-refractivity contribution < 1.29 is 0 Å². The van der Waals surface area contributed by atoms with Crippen LogP contribution in [0.2, 0.25) is 0 Å². The first kappa shape index (κ1) is 35.1. The van der Waals surface area contributed by atoms with Gasteiger partial charge in [0.15, 0.2) is 0 Å². The summed E-state index contributed by atoms with van der Waals surface area (Å²) in [5, 5.41) is 4.98. The Morgan fingerprint density at radius 2 is 1.36 bits per heavy atom. The largest absolute Gasteiger partial charge is 0.292 e. The molecule has 8 aromatic rings. The summed E-state index contributed by atoms with van der Waals surface area (Å²) >= 11 is 0. The van der Waals surface area contributed by atoms with Gasteiger partial charge in [-0.15, -0.1) is 0 Å². The van der Waals surface area contributed by atoms with Gasteiger partial charge in [0.05, 0.1) is 11.0 Å². The lowest BCUT2D eigenvalue weighted by Crippen LogP contribution is -2.29. The summed E-state index contributed by atoms with van der Waals surface area (Å²) < 4.78 is 2.26. The summed E-state index contributed by atoms with van der Waals surface area (Å²) in [6.45, 7) is 6.28. The highest BCUT2D eigenvalue weighted by Crippen LogP contribution is 2.37. The number of fused-ring (bicyclic) bond motifs is 4. The number of imidazole rings is 1. The Bertz CT molecular complexity index is 3170. The van der Waals surface area contributed by atoms with Crippen molar-refractivity contribution in [3.8, 4) is 28.2 Å². The molecule has 0 bridgehead atoms. The normalized spacial score (nSPS) is 13.9. The molecule has 58 heavy (non-hydrogen) atoms. The lowest BCUT2D eigenvalue weighted by molar-refractivity contribution is 1.10. The standard InChI is InChI=1S/C56H42N2/c1-3-15-39-26-30-46(34-38(39)4-2)51-37-45-18-7-5-10-21-49(45)55(47-31-27-40-16-11-12-17-43(40)35-47)50-33-32-44(36-52(50)51)41-24-28-42(29-25-41)56-57-53-22-13-14-23-54(53)58(56)48-19-8-6-9-20-48/h3-6,8-36H,2,7,37H2,1H3/b15-3-. The van der Waals surface area contributed by atoms with Crippen molar-refractivity contribution in [1.29, 1.82) is 0 Å². The lowest BCUT2D eigenvalue weighted by Gasteiger charge is -2.16. The van der Waals surface area contributed by atoms with Gasteiger partial charge in [0, 0.05) is 11.3 Å². The van der Waals surface area contributed by atoms with E-state index in [9.17, 15) is 0 Å². The molecule has 0 aliphatic heterocycles. The third kappa shape index (κ3) is 6.30. The third-order valence-corrected chi connectivity index (χ3v) is 11.6. The van der Waals surface area contributed by atoms with Crippen molar-refractivity contribution in [2.75, 3.05) is 0 Å². The predicted molar refractivity (Wildman–Crippen MR) is 246 cm³/mol. The van der Waals surface area contributed by atoms with Crippen molar-refractivity contribution in [2.24, 2.45) is 0 Å². The van der Waals surface area contributed by atoms with E-state index in [-0.39, 0.29) is 0 Å². The third-order valence-electron chi connectivity index (χ3n) is 11.6. The molecule has 2 aliphatic carbocycles. The molecule has 0 atom stereocenters. The van der Waals surface area contributed by atoms with E-state index in [0.717, 1.165) is 52.1 Å². The highest BCUT2D eigenvalue weighted by molar-refractivity contribution is 5.93. The van der Waals surface area contributed by atoms with Crippen LogP contribution in [0.5, 0.6) is 0 Å². The van der Waals surface area contributed by atoms with Crippen LogP contribution >= 0.6 is 0 Å². The zero-order chi connectivity index (χ0) is 39.0. The lowest BCUT2D eigenvalue weighted by atomic mass is 9.88. The van der Waals surface area contributed by atoms with Gasteiger partial charge >= 0.3 is 0 Å². The van der Waals surface area contributed by atoms with Crippen molar-refractivity contribution in [1.82, 2.24) is 9.55 Å². The number of benzene rings is 7. The molecule has 0 saturated heterocycles. The van der Waals surface area contributed by atoms with Crippen LogP contribution < -0.4 is 10.4 Å². The van der Waals surface area contributed by atoms with Gasteiger partial charge in [-0.05, 0) is 139 Å². The Morgan fingerprint density at radius 1 is 0.621 bits per heavy atom. The molecule has 0 radical (unpaired) electrons. The second kappa shape index (κ2) is 15.0. The fraction of sp³-hybridized carbons (Fsp3) is 0.0536. The van der Waals surface area contributed by atoms with Gasteiger partial charge in [0.1, 0.15) is 5.82 Å². The molecule has 0 N–H and O–H groups in total. The highest BCUT2D eigenvalue weighted by Gasteiger charge is 2.22. The minimum atomic E-state index is 0.815. The summed E-state index contributed by atoms with van der Waals surface area (Å²) in [6, 6.07) is 57.3. The second-order valence-electron chi connectivity index (χ2n) is 15.0. The number of rotatable bonds is 7. The average molecular weight is 743 g/mol. The minimum Gasteiger partial charge on any atom is -0.292 e. The van der Waals surface area contributed by atoms with Gasteiger partial charge in [-0.1, -0.05) is 164 Å². The van der Waals surface area contributed by atoms with E-state index in [0.29, 0.717) is 0 Å². The SMILES string of the molecule is C=Cc1cc(C2=c3cc(-c4ccc(-c5nc6ccccc6n5-c5ccccc5)cc4)ccc3=C(c3ccc4ccccc4c3)C3=CC=CCC=C3C2)ccc1/C=C\C. The van der Waals surface area contributed by atoms with Crippen molar-refractivity contribution in [3.63, 3.8) is 0 Å². The summed E-state index contributed by atoms with van der Waals surface area (Å²) in [7, 11) is 0. The molecule has 0 amide bonds. The van der Waals surface area contributed by atoms with Crippen molar-refractivity contribution in [3.05, 3.63) is 239 Å². The average Bonchev–Trinajstić information content (AvgIpc) is 3.44. The van der Waals surface area contributed by atoms with Crippen LogP contribution in [0.15, 0.2) is 206 Å². The van der Waals surface area contributed by atoms with E-state index >= 15 is 0 Å². The van der Waals surface area contributed by atoms with E-state index in [2.05, 4.69) is 212 Å². The predicted octanol–water partition coefficient (Wildman–Crippen LogP) is 12.8. The fourth-order valence-electron chi connectivity index (χ4n) is 8.76. The molecule has 10 rings (SSSR count). The van der Waals surface area contributed by atoms with Crippen molar-refractivity contribution >= 4 is 45.1 Å². The summed E-state index contributed by atoms with van der Waals surface area (Å²) in [6.07, 6.45) is 17.2. The number of allylic oxidation sites excluding steroid dienone is 7. The maximum absolute atomic E-state index is 5.13. The van der Waals surface area contributed by atoms with Gasteiger partial charge in [0.2, 0.25) is 0 Å². The topological polar surface area (TPSA) is 17.8 Å². The molecule has 2 heteroatoms. The molecular weight excluding hydrogens is 701 g/mol. The zero-order valence-corrected chi connectivity index (χ0v) is 32.6. The molecule has 0 spiro atoms. The van der Waals surface area contributed by atoms with Crippen LogP contribution in [0.1, 0.15) is 42.0 Å². The monoisotopic (exact) mass is 742 g/mol. The molecule has 0 unspecified atom stereocenters. The first-order valence-corrected chi connectivity index (χ1v) is 20.1. The number of para-hydroxylation sites is 3. The van der Waals surface area contributed by atoms with Crippen LogP contribution in [0, 0.1) is 0 Å². The quantitative estimate of drug-likeness (QED) is 0.159. The Kier molecular flexibility index (Phi) is 9.08. The van der Waals surface area contributed by atoms with Crippen LogP contribution in [0.3, 0.4) is 0 Å². The Labute approximate surface area is 339 Å². The Balaban J connectivity index is 1.21. The van der Waals surface area contributed by atoms with Gasteiger partial charge < -0.3 is 0 Å². The van der Waals surface area contributed by atoms with Gasteiger partial charge in [-0.25, -0.2) is 4.98 Å². The summed E-state index contributed by atoms with van der Waals surface area (Å²) in [5.41, 5.74) is 16.5. The van der Waals surface area contributed by atoms with Crippen LogP contribution in [0.25, 0.3) is 73.3 Å². The van der Waals surface area contributed by atoms with Crippen LogP contribution in [-0.2, 0) is 0 Å². The summed E-state index contributed by atoms with van der Waals surface area (Å²) in [5.74, 6) is 0.930. The van der Waals surface area contributed by atoms with Crippen LogP contribution in [0.4, 0.5) is 0 Å². The minimum absolute atomic E-state index is 0.815. The maximum atomic E-state index is 5.13. The highest BCUT2D eigenvalue weighted by atomic mass is 15.1. The maximum Gasteiger partial charge on any atom is 0.145 e. The first-order chi connectivity index (χ1) is 28.7. The molecule has 7 aromatic carbocycles. The van der Waals surface area contributed by atoms with E-state index < -0.39 is 0 Å². The van der Waals surface area contributed by atoms with Gasteiger partial charge in [0.25, 0.3) is 0 Å². The number of hydrogen-bond acceptors (Lipinski definition) is 1. The van der Waals surface area contributed by atoms with E-state index in [1.165, 1.54) is 65.8 Å². The Hall–Kier alpha value is -7.29. The molecule has 2 nitrogen and oxygen atoms in total. The smallest absolute Gasteiger partial charge is 0.145 e. The fourth-order valence-corrected chi connectivity index (χ4v) is 8.76. The van der Waals surface area contributed by atoms with Gasteiger partial charge in [-0.2, -0.15) is 0 Å². The van der Waals surface area contributed by atoms with Crippen molar-refractivity contribution in [2.45, 2.75) is 19.8 Å². The van der Waals surface area contributed by atoms with E-state index in [4.69, 9.17) is 4.98 Å². The molecule has 276 valence electrons. The van der Waals surface area contributed by atoms with E-state index in [1.54, 1.807) is 0 Å². The Morgan fingerprint density at radius 3 is 2.21 bits per heavy atom. The molecular formula is C56H42N2. The molecule has 2 aliphatic rings. The zero-order valence-electron chi connectivity index (χ0n) is 32.6. The van der Waals surface area contributed by atoms with Gasteiger partial charge in [-0.3, -0.25) is 4.57 Å². The molecule has 0 saturated carbocycles. The molecule has 1 heterocycles. The molecule has 1 aromatic heterocycles. The molecule has 0 fully saturated rings. The van der Waals surface area contributed by atoms with E-state index in [1.807, 2.05) is 6.08 Å². The second-order valence-corrected chi connectivity index (χ2v) is 15.0. The number of hydrogen-bond donors (Lipinski definition) is 0. The number of nitrogens with zero attached hydrogens (tertiary/aromatic N) is 2. The summed E-state index contributed by atoms with van der Waals surface area (Å²) in [4.78, 5) is 5.13. The first-order valence-electron chi connectivity index (χ1n) is 20.1. The van der Waals surface area contributed by atoms with Crippen LogP contribution in [-0.4, -0.2) is 9.55 Å². The number of aromatic nitrogens is 2.